The number of rotatable bonds is 5. The minimum Gasteiger partial charge on any atom is -0.374 e. The van der Waals surface area contributed by atoms with Crippen LogP contribution in [-0.2, 0) is 9.59 Å². The van der Waals surface area contributed by atoms with Gasteiger partial charge in [0.15, 0.2) is 0 Å². The van der Waals surface area contributed by atoms with Gasteiger partial charge in [-0.25, -0.2) is 0 Å². The van der Waals surface area contributed by atoms with E-state index >= 15 is 0 Å². The Morgan fingerprint density at radius 3 is 2.57 bits per heavy atom. The third-order valence-corrected chi connectivity index (χ3v) is 6.06. The summed E-state index contributed by atoms with van der Waals surface area (Å²) in [6.07, 6.45) is 4.25. The molecule has 150 valence electrons. The molecule has 3 saturated heterocycles. The molecule has 28 heavy (non-hydrogen) atoms. The molecule has 1 atom stereocenters. The van der Waals surface area contributed by atoms with Gasteiger partial charge in [-0.2, -0.15) is 0 Å². The maximum absolute atomic E-state index is 12.9. The second kappa shape index (κ2) is 8.31. The summed E-state index contributed by atoms with van der Waals surface area (Å²) in [6, 6.07) is 6.86. The fourth-order valence-corrected chi connectivity index (χ4v) is 4.21. The number of nitrogens with zero attached hydrogens (tertiary/aromatic N) is 2. The number of anilines is 1. The first kappa shape index (κ1) is 18.9. The molecule has 0 aromatic heterocycles. The molecular formula is C21H28N4O3. The summed E-state index contributed by atoms with van der Waals surface area (Å²) < 4.78 is 0. The van der Waals surface area contributed by atoms with E-state index < -0.39 is 6.04 Å². The van der Waals surface area contributed by atoms with Crippen LogP contribution in [0.15, 0.2) is 24.3 Å². The van der Waals surface area contributed by atoms with Gasteiger partial charge in [0, 0.05) is 37.3 Å². The zero-order chi connectivity index (χ0) is 19.5. The van der Waals surface area contributed by atoms with Gasteiger partial charge in [-0.3, -0.25) is 19.7 Å². The number of hydrogen-bond acceptors (Lipinski definition) is 5. The van der Waals surface area contributed by atoms with Crippen LogP contribution in [0.4, 0.5) is 5.69 Å². The normalized spacial score (nSPS) is 23.9. The number of nitrogens with one attached hydrogen (secondary N) is 2. The van der Waals surface area contributed by atoms with E-state index in [1.807, 2.05) is 23.1 Å². The molecule has 7 heteroatoms. The summed E-state index contributed by atoms with van der Waals surface area (Å²) in [7, 11) is 0. The first-order chi connectivity index (χ1) is 13.6. The number of imide groups is 1. The van der Waals surface area contributed by atoms with Crippen LogP contribution in [0.2, 0.25) is 0 Å². The highest BCUT2D eigenvalue weighted by Crippen LogP contribution is 2.23. The van der Waals surface area contributed by atoms with Crippen LogP contribution >= 0.6 is 0 Å². The smallest absolute Gasteiger partial charge is 0.253 e. The van der Waals surface area contributed by atoms with E-state index in [0.29, 0.717) is 24.3 Å². The third-order valence-electron chi connectivity index (χ3n) is 6.06. The topological polar surface area (TPSA) is 81.8 Å². The molecule has 3 heterocycles. The standard InChI is InChI=1S/C21H28N4O3/c26-19-6-5-18(20(27)23-19)22-17-4-1-3-16(13-17)21(28)25-11-7-15(8-12-25)14-24-9-2-10-24/h1,3-4,13,15,18,22H,2,5-12,14H2,(H,23,26,27). The summed E-state index contributed by atoms with van der Waals surface area (Å²) in [6.45, 7) is 5.25. The van der Waals surface area contributed by atoms with Crippen molar-refractivity contribution in [3.05, 3.63) is 29.8 Å². The Hall–Kier alpha value is -2.41. The predicted molar refractivity (Wildman–Crippen MR) is 106 cm³/mol. The van der Waals surface area contributed by atoms with E-state index in [4.69, 9.17) is 0 Å². The fourth-order valence-electron chi connectivity index (χ4n) is 4.21. The summed E-state index contributed by atoms with van der Waals surface area (Å²) in [5.74, 6) is 0.209. The number of benzene rings is 1. The molecule has 1 unspecified atom stereocenters. The molecule has 4 rings (SSSR count). The minimum atomic E-state index is -0.444. The zero-order valence-electron chi connectivity index (χ0n) is 16.2. The van der Waals surface area contributed by atoms with Crippen molar-refractivity contribution in [2.75, 3.05) is 38.0 Å². The highest BCUT2D eigenvalue weighted by Gasteiger charge is 2.28. The van der Waals surface area contributed by atoms with Crippen molar-refractivity contribution in [2.24, 2.45) is 5.92 Å². The van der Waals surface area contributed by atoms with Crippen molar-refractivity contribution in [3.63, 3.8) is 0 Å². The summed E-state index contributed by atoms with van der Waals surface area (Å²) in [5.41, 5.74) is 1.37. The molecule has 2 N–H and O–H groups in total. The maximum atomic E-state index is 12.9. The number of piperidine rings is 2. The fraction of sp³-hybridized carbons (Fsp3) is 0.571. The van der Waals surface area contributed by atoms with Crippen LogP contribution in [0.3, 0.4) is 0 Å². The van der Waals surface area contributed by atoms with Crippen molar-refractivity contribution in [1.29, 1.82) is 0 Å². The van der Waals surface area contributed by atoms with Crippen molar-refractivity contribution in [1.82, 2.24) is 15.1 Å². The molecule has 3 aliphatic heterocycles. The molecule has 0 radical (unpaired) electrons. The van der Waals surface area contributed by atoms with Crippen LogP contribution in [-0.4, -0.2) is 66.3 Å². The zero-order valence-corrected chi connectivity index (χ0v) is 16.2. The van der Waals surface area contributed by atoms with E-state index in [1.165, 1.54) is 26.1 Å². The summed E-state index contributed by atoms with van der Waals surface area (Å²) in [5, 5.41) is 5.50. The maximum Gasteiger partial charge on any atom is 0.253 e. The monoisotopic (exact) mass is 384 g/mol. The summed E-state index contributed by atoms with van der Waals surface area (Å²) in [4.78, 5) is 40.6. The second-order valence-electron chi connectivity index (χ2n) is 8.12. The molecule has 3 aliphatic rings. The molecule has 1 aromatic carbocycles. The van der Waals surface area contributed by atoms with Crippen LogP contribution in [0.25, 0.3) is 0 Å². The van der Waals surface area contributed by atoms with Gasteiger partial charge in [-0.05, 0) is 62.9 Å². The molecule has 0 aliphatic carbocycles. The lowest BCUT2D eigenvalue weighted by Crippen LogP contribution is -2.47. The largest absolute Gasteiger partial charge is 0.374 e. The molecular weight excluding hydrogens is 356 g/mol. The van der Waals surface area contributed by atoms with Crippen LogP contribution in [0.1, 0.15) is 42.5 Å². The number of hydrogen-bond donors (Lipinski definition) is 2. The second-order valence-corrected chi connectivity index (χ2v) is 8.12. The van der Waals surface area contributed by atoms with Crippen LogP contribution < -0.4 is 10.6 Å². The predicted octanol–water partition coefficient (Wildman–Crippen LogP) is 1.46. The highest BCUT2D eigenvalue weighted by atomic mass is 16.2. The minimum absolute atomic E-state index is 0.0503. The SMILES string of the molecule is O=C1CCC(Nc2cccc(C(=O)N3CCC(CN4CCC4)CC3)c2)C(=O)N1. The van der Waals surface area contributed by atoms with Gasteiger partial charge in [0.2, 0.25) is 11.8 Å². The molecule has 0 spiro atoms. The lowest BCUT2D eigenvalue weighted by Gasteiger charge is -2.38. The number of carbonyl (C=O) groups is 3. The van der Waals surface area contributed by atoms with E-state index in [9.17, 15) is 14.4 Å². The average molecular weight is 384 g/mol. The van der Waals surface area contributed by atoms with Gasteiger partial charge in [0.05, 0.1) is 0 Å². The van der Waals surface area contributed by atoms with Gasteiger partial charge in [0.25, 0.3) is 5.91 Å². The third kappa shape index (κ3) is 4.35. The van der Waals surface area contributed by atoms with Crippen molar-refractivity contribution >= 4 is 23.4 Å². The number of amides is 3. The Labute approximate surface area is 165 Å². The molecule has 0 saturated carbocycles. The lowest BCUT2D eigenvalue weighted by atomic mass is 9.94. The van der Waals surface area contributed by atoms with E-state index in [-0.39, 0.29) is 17.7 Å². The average Bonchev–Trinajstić information content (AvgIpc) is 2.67. The summed E-state index contributed by atoms with van der Waals surface area (Å²) >= 11 is 0. The molecule has 7 nitrogen and oxygen atoms in total. The van der Waals surface area contributed by atoms with E-state index in [0.717, 1.165) is 31.6 Å². The van der Waals surface area contributed by atoms with Crippen molar-refractivity contribution in [2.45, 2.75) is 38.1 Å². The Kier molecular flexibility index (Phi) is 5.62. The molecule has 3 amide bonds. The van der Waals surface area contributed by atoms with E-state index in [2.05, 4.69) is 15.5 Å². The van der Waals surface area contributed by atoms with Crippen molar-refractivity contribution in [3.8, 4) is 0 Å². The van der Waals surface area contributed by atoms with Gasteiger partial charge >= 0.3 is 0 Å². The molecule has 3 fully saturated rings. The number of carbonyl (C=O) groups excluding carboxylic acids is 3. The Morgan fingerprint density at radius 2 is 1.89 bits per heavy atom. The van der Waals surface area contributed by atoms with Crippen LogP contribution in [0.5, 0.6) is 0 Å². The van der Waals surface area contributed by atoms with Gasteiger partial charge < -0.3 is 15.1 Å². The Morgan fingerprint density at radius 1 is 1.11 bits per heavy atom. The van der Waals surface area contributed by atoms with Gasteiger partial charge in [-0.1, -0.05) is 6.07 Å². The first-order valence-corrected chi connectivity index (χ1v) is 10.3. The molecule has 1 aromatic rings. The van der Waals surface area contributed by atoms with Crippen LogP contribution in [0, 0.1) is 5.92 Å². The first-order valence-electron chi connectivity index (χ1n) is 10.3. The number of likely N-dealkylation sites (tertiary alicyclic amines) is 2. The van der Waals surface area contributed by atoms with Gasteiger partial charge in [-0.15, -0.1) is 0 Å². The van der Waals surface area contributed by atoms with Gasteiger partial charge in [0.1, 0.15) is 6.04 Å². The molecule has 0 bridgehead atoms. The quantitative estimate of drug-likeness (QED) is 0.751. The Bertz CT molecular complexity index is 754. The lowest BCUT2D eigenvalue weighted by molar-refractivity contribution is -0.133. The Balaban J connectivity index is 1.33. The highest BCUT2D eigenvalue weighted by molar-refractivity contribution is 6.01. The van der Waals surface area contributed by atoms with Crippen molar-refractivity contribution < 1.29 is 14.4 Å². The van der Waals surface area contributed by atoms with E-state index in [1.54, 1.807) is 6.07 Å².